The van der Waals surface area contributed by atoms with E-state index in [0.29, 0.717) is 12.0 Å². The average Bonchev–Trinajstić information content (AvgIpc) is 2.81. The van der Waals surface area contributed by atoms with E-state index in [9.17, 15) is 0 Å². The molecule has 1 aliphatic heterocycles. The molecule has 0 spiro atoms. The third kappa shape index (κ3) is 2.42. The van der Waals surface area contributed by atoms with Gasteiger partial charge in [-0.25, -0.2) is 9.50 Å². The van der Waals surface area contributed by atoms with Gasteiger partial charge in [0.2, 0.25) is 0 Å². The van der Waals surface area contributed by atoms with Gasteiger partial charge in [-0.15, -0.1) is 0 Å². The van der Waals surface area contributed by atoms with Gasteiger partial charge in [-0.1, -0.05) is 0 Å². The van der Waals surface area contributed by atoms with Crippen LogP contribution < -0.4 is 5.73 Å². The molecule has 1 fully saturated rings. The first kappa shape index (κ1) is 12.4. The Morgan fingerprint density at radius 2 is 2.00 bits per heavy atom. The molecule has 0 radical (unpaired) electrons. The van der Waals surface area contributed by atoms with E-state index in [-0.39, 0.29) is 0 Å². The van der Waals surface area contributed by atoms with Crippen molar-refractivity contribution in [3.8, 4) is 0 Å². The van der Waals surface area contributed by atoms with Crippen LogP contribution in [0.15, 0.2) is 18.3 Å². The molecule has 2 aromatic rings. The highest BCUT2D eigenvalue weighted by atomic mass is 15.3. The van der Waals surface area contributed by atoms with Crippen LogP contribution in [-0.2, 0) is 0 Å². The van der Waals surface area contributed by atoms with E-state index < -0.39 is 0 Å². The lowest BCUT2D eigenvalue weighted by Gasteiger charge is -2.33. The lowest BCUT2D eigenvalue weighted by atomic mass is 9.95. The molecule has 102 valence electrons. The molecular formula is C14H21N5. The maximum atomic E-state index is 5.77. The van der Waals surface area contributed by atoms with Gasteiger partial charge >= 0.3 is 0 Å². The number of nitrogens with zero attached hydrogens (tertiary/aromatic N) is 4. The zero-order valence-electron chi connectivity index (χ0n) is 11.6. The molecule has 0 aliphatic carbocycles. The normalized spacial score (nSPS) is 18.5. The van der Waals surface area contributed by atoms with Crippen LogP contribution in [0.1, 0.15) is 38.4 Å². The zero-order valence-corrected chi connectivity index (χ0v) is 11.6. The van der Waals surface area contributed by atoms with E-state index in [4.69, 9.17) is 5.73 Å². The monoisotopic (exact) mass is 259 g/mol. The predicted molar refractivity (Wildman–Crippen MR) is 76.1 cm³/mol. The second-order valence-electron chi connectivity index (χ2n) is 5.64. The van der Waals surface area contributed by atoms with Crippen LogP contribution in [0.25, 0.3) is 5.65 Å². The van der Waals surface area contributed by atoms with Gasteiger partial charge in [-0.3, -0.25) is 0 Å². The Balaban J connectivity index is 1.78. The number of aromatic nitrogens is 3. The second kappa shape index (κ2) is 4.81. The lowest BCUT2D eigenvalue weighted by molar-refractivity contribution is 0.169. The van der Waals surface area contributed by atoms with Gasteiger partial charge in [0.15, 0.2) is 11.5 Å². The van der Waals surface area contributed by atoms with Crippen molar-refractivity contribution in [2.75, 3.05) is 18.8 Å². The van der Waals surface area contributed by atoms with Crippen molar-refractivity contribution in [3.05, 3.63) is 24.2 Å². The van der Waals surface area contributed by atoms with Crippen molar-refractivity contribution in [1.82, 2.24) is 19.5 Å². The van der Waals surface area contributed by atoms with Gasteiger partial charge in [-0.2, -0.15) is 5.10 Å². The van der Waals surface area contributed by atoms with E-state index in [2.05, 4.69) is 28.8 Å². The molecule has 3 rings (SSSR count). The number of anilines is 1. The number of pyridine rings is 1. The minimum absolute atomic E-state index is 0.483. The lowest BCUT2D eigenvalue weighted by Crippen LogP contribution is -2.38. The summed E-state index contributed by atoms with van der Waals surface area (Å²) in [6.45, 7) is 6.79. The van der Waals surface area contributed by atoms with Gasteiger partial charge in [0, 0.05) is 12.0 Å². The Hall–Kier alpha value is -1.62. The van der Waals surface area contributed by atoms with Crippen LogP contribution in [0.5, 0.6) is 0 Å². The SMILES string of the molecule is CC(C)N1CCC(c2nc3ccc(N)cn3n2)CC1. The van der Waals surface area contributed by atoms with Crippen molar-refractivity contribution in [3.63, 3.8) is 0 Å². The minimum Gasteiger partial charge on any atom is -0.397 e. The fourth-order valence-electron chi connectivity index (χ4n) is 2.76. The number of hydrogen-bond acceptors (Lipinski definition) is 4. The third-order valence-corrected chi connectivity index (χ3v) is 4.00. The van der Waals surface area contributed by atoms with Gasteiger partial charge in [-0.05, 0) is 51.9 Å². The zero-order chi connectivity index (χ0) is 13.4. The number of nitrogens with two attached hydrogens (primary N) is 1. The molecule has 2 N–H and O–H groups in total. The van der Waals surface area contributed by atoms with Gasteiger partial charge < -0.3 is 10.6 Å². The molecule has 19 heavy (non-hydrogen) atoms. The molecule has 5 nitrogen and oxygen atoms in total. The first-order chi connectivity index (χ1) is 9.13. The van der Waals surface area contributed by atoms with Crippen LogP contribution in [0.3, 0.4) is 0 Å². The average molecular weight is 259 g/mol. The summed E-state index contributed by atoms with van der Waals surface area (Å²) in [6.07, 6.45) is 4.12. The number of likely N-dealkylation sites (tertiary alicyclic amines) is 1. The Morgan fingerprint density at radius 1 is 1.26 bits per heavy atom. The standard InChI is InChI=1S/C14H21N5/c1-10(2)18-7-5-11(6-8-18)14-16-13-4-3-12(15)9-19(13)17-14/h3-4,9-11H,5-8,15H2,1-2H3. The summed E-state index contributed by atoms with van der Waals surface area (Å²) in [5, 5.41) is 4.57. The van der Waals surface area contributed by atoms with E-state index in [1.165, 1.54) is 0 Å². The number of hydrogen-bond donors (Lipinski definition) is 1. The Kier molecular flexibility index (Phi) is 3.14. The molecule has 0 atom stereocenters. The predicted octanol–water partition coefficient (Wildman–Crippen LogP) is 1.90. The molecule has 0 unspecified atom stereocenters. The van der Waals surface area contributed by atoms with Crippen molar-refractivity contribution < 1.29 is 0 Å². The highest BCUT2D eigenvalue weighted by molar-refractivity contribution is 5.46. The van der Waals surface area contributed by atoms with Crippen molar-refractivity contribution in [2.24, 2.45) is 0 Å². The molecule has 2 aromatic heterocycles. The molecule has 1 saturated heterocycles. The van der Waals surface area contributed by atoms with Crippen molar-refractivity contribution in [1.29, 1.82) is 0 Å². The fourth-order valence-corrected chi connectivity index (χ4v) is 2.76. The summed E-state index contributed by atoms with van der Waals surface area (Å²) in [7, 11) is 0. The topological polar surface area (TPSA) is 59.5 Å². The number of fused-ring (bicyclic) bond motifs is 1. The van der Waals surface area contributed by atoms with Gasteiger partial charge in [0.25, 0.3) is 0 Å². The van der Waals surface area contributed by atoms with Gasteiger partial charge in [0.05, 0.1) is 11.9 Å². The Labute approximate surface area is 113 Å². The van der Waals surface area contributed by atoms with Crippen molar-refractivity contribution in [2.45, 2.75) is 38.6 Å². The third-order valence-electron chi connectivity index (χ3n) is 4.00. The summed E-state index contributed by atoms with van der Waals surface area (Å²) < 4.78 is 1.79. The molecule has 0 bridgehead atoms. The molecular weight excluding hydrogens is 238 g/mol. The molecule has 0 amide bonds. The summed E-state index contributed by atoms with van der Waals surface area (Å²) in [6, 6.07) is 4.43. The quantitative estimate of drug-likeness (QED) is 0.895. The van der Waals surface area contributed by atoms with Crippen LogP contribution in [0, 0.1) is 0 Å². The van der Waals surface area contributed by atoms with E-state index >= 15 is 0 Å². The summed E-state index contributed by atoms with van der Waals surface area (Å²) in [5.74, 6) is 1.45. The van der Waals surface area contributed by atoms with E-state index in [0.717, 1.165) is 43.1 Å². The van der Waals surface area contributed by atoms with E-state index in [1.807, 2.05) is 18.3 Å². The molecule has 1 aliphatic rings. The maximum absolute atomic E-state index is 5.77. The van der Waals surface area contributed by atoms with Crippen LogP contribution in [0.2, 0.25) is 0 Å². The van der Waals surface area contributed by atoms with Crippen LogP contribution in [-0.4, -0.2) is 38.6 Å². The minimum atomic E-state index is 0.483. The first-order valence-corrected chi connectivity index (χ1v) is 6.99. The summed E-state index contributed by atoms with van der Waals surface area (Å²) >= 11 is 0. The number of piperidine rings is 1. The number of rotatable bonds is 2. The fraction of sp³-hybridized carbons (Fsp3) is 0.571. The first-order valence-electron chi connectivity index (χ1n) is 6.99. The van der Waals surface area contributed by atoms with Crippen LogP contribution in [0.4, 0.5) is 5.69 Å². The largest absolute Gasteiger partial charge is 0.397 e. The highest BCUT2D eigenvalue weighted by Gasteiger charge is 2.24. The number of nitrogen functional groups attached to an aromatic ring is 1. The molecule has 5 heteroatoms. The molecule has 0 saturated carbocycles. The van der Waals surface area contributed by atoms with Crippen LogP contribution >= 0.6 is 0 Å². The molecule has 0 aromatic carbocycles. The highest BCUT2D eigenvalue weighted by Crippen LogP contribution is 2.27. The van der Waals surface area contributed by atoms with Gasteiger partial charge in [0.1, 0.15) is 0 Å². The molecule has 3 heterocycles. The summed E-state index contributed by atoms with van der Waals surface area (Å²) in [4.78, 5) is 7.14. The van der Waals surface area contributed by atoms with E-state index in [1.54, 1.807) is 4.52 Å². The Morgan fingerprint density at radius 3 is 2.68 bits per heavy atom. The Bertz CT molecular complexity index is 566. The maximum Gasteiger partial charge on any atom is 0.155 e. The summed E-state index contributed by atoms with van der Waals surface area (Å²) in [5.41, 5.74) is 7.37. The van der Waals surface area contributed by atoms with Crippen molar-refractivity contribution >= 4 is 11.3 Å². The second-order valence-corrected chi connectivity index (χ2v) is 5.64. The smallest absolute Gasteiger partial charge is 0.155 e.